The van der Waals surface area contributed by atoms with Crippen molar-refractivity contribution in [2.45, 2.75) is 33.1 Å². The van der Waals surface area contributed by atoms with Crippen LogP contribution in [0.15, 0.2) is 39.8 Å². The third-order valence-electron chi connectivity index (χ3n) is 6.16. The Labute approximate surface area is 225 Å². The van der Waals surface area contributed by atoms with E-state index in [1.165, 1.54) is 16.7 Å². The second-order valence-electron chi connectivity index (χ2n) is 10.7. The number of amides is 2. The summed E-state index contributed by atoms with van der Waals surface area (Å²) in [7, 11) is 5.57. The molecule has 206 valence electrons. The van der Waals surface area contributed by atoms with Crippen LogP contribution in [0.4, 0.5) is 26.7 Å². The van der Waals surface area contributed by atoms with Gasteiger partial charge < -0.3 is 20.1 Å². The number of benzene rings is 1. The number of hydrogen-bond donors (Lipinski definition) is 3. The van der Waals surface area contributed by atoms with E-state index < -0.39 is 11.8 Å². The van der Waals surface area contributed by atoms with E-state index in [0.717, 1.165) is 6.54 Å². The average Bonchev–Trinajstić information content (AvgIpc) is 3.32. The Morgan fingerprint density at radius 2 is 1.87 bits per heavy atom. The number of aromatic nitrogens is 4. The number of pyridine rings is 1. The van der Waals surface area contributed by atoms with Crippen molar-refractivity contribution in [2.75, 3.05) is 43.1 Å². The van der Waals surface area contributed by atoms with Gasteiger partial charge in [0.2, 0.25) is 11.8 Å². The zero-order valence-corrected chi connectivity index (χ0v) is 23.1. The van der Waals surface area contributed by atoms with Crippen molar-refractivity contribution in [3.8, 4) is 11.1 Å². The van der Waals surface area contributed by atoms with Gasteiger partial charge in [0.25, 0.3) is 5.56 Å². The highest BCUT2D eigenvalue weighted by Crippen LogP contribution is 2.29. The Bertz CT molecular complexity index is 1590. The molecular formula is C27H33FN8O3. The summed E-state index contributed by atoms with van der Waals surface area (Å²) in [6.45, 7) is 9.03. The Hall–Kier alpha value is -4.32. The van der Waals surface area contributed by atoms with E-state index in [2.05, 4.69) is 31.1 Å². The maximum absolute atomic E-state index is 14.8. The highest BCUT2D eigenvalue weighted by molar-refractivity contribution is 5.99. The first-order valence-electron chi connectivity index (χ1n) is 12.4. The van der Waals surface area contributed by atoms with Crippen LogP contribution in [-0.4, -0.2) is 57.8 Å². The first kappa shape index (κ1) is 27.7. The van der Waals surface area contributed by atoms with Gasteiger partial charge in [-0.2, -0.15) is 4.98 Å². The average molecular weight is 537 g/mol. The molecule has 3 aromatic heterocycles. The predicted octanol–water partition coefficient (Wildman–Crippen LogP) is 4.35. The third kappa shape index (κ3) is 6.23. The Kier molecular flexibility index (Phi) is 7.68. The number of aryl methyl sites for hydroxylation is 2. The fraction of sp³-hybridized carbons (Fsp3) is 0.370. The molecule has 0 radical (unpaired) electrons. The number of urea groups is 1. The van der Waals surface area contributed by atoms with E-state index >= 15 is 0 Å². The summed E-state index contributed by atoms with van der Waals surface area (Å²) in [6, 6.07) is 5.28. The number of nitrogens with zero attached hydrogens (tertiary/aromatic N) is 5. The van der Waals surface area contributed by atoms with E-state index in [1.54, 1.807) is 32.3 Å². The van der Waals surface area contributed by atoms with Crippen molar-refractivity contribution < 1.29 is 13.7 Å². The molecular weight excluding hydrogens is 503 g/mol. The van der Waals surface area contributed by atoms with Crippen molar-refractivity contribution in [2.24, 2.45) is 7.05 Å². The van der Waals surface area contributed by atoms with Gasteiger partial charge in [-0.05, 0) is 50.3 Å². The first-order chi connectivity index (χ1) is 18.3. The number of anilines is 3. The van der Waals surface area contributed by atoms with Crippen LogP contribution in [0.25, 0.3) is 22.2 Å². The molecule has 0 aliphatic heterocycles. The molecule has 0 atom stereocenters. The third-order valence-corrected chi connectivity index (χ3v) is 6.16. The van der Waals surface area contributed by atoms with Gasteiger partial charge in [-0.1, -0.05) is 25.9 Å². The summed E-state index contributed by atoms with van der Waals surface area (Å²) in [5.41, 5.74) is 1.77. The van der Waals surface area contributed by atoms with Gasteiger partial charge >= 0.3 is 6.03 Å². The SMILES string of the molecule is Cc1cc(F)c(NC(=O)Nc2cc(C(C)(C)C)no2)cc1-c1cc2cnc(NCCN(C)C)nc2n(C)c1=O. The molecule has 2 amide bonds. The zero-order valence-electron chi connectivity index (χ0n) is 23.1. The Morgan fingerprint density at radius 3 is 2.54 bits per heavy atom. The standard InChI is InChI=1S/C27H33FN8O3/c1-15-10-19(28)20(31-26(38)32-22-13-21(34-39-22)27(2,3)4)12-17(15)18-11-16-14-30-25(29-8-9-35(5)6)33-23(16)36(7)24(18)37/h10-14H,8-9H2,1-7H3,(H,29,30,33)(H2,31,32,38). The largest absolute Gasteiger partial charge is 0.353 e. The molecule has 0 aliphatic rings. The highest BCUT2D eigenvalue weighted by Gasteiger charge is 2.21. The lowest BCUT2D eigenvalue weighted by atomic mass is 9.92. The molecule has 4 aromatic rings. The van der Waals surface area contributed by atoms with Crippen LogP contribution in [0.3, 0.4) is 0 Å². The minimum absolute atomic E-state index is 0.0949. The van der Waals surface area contributed by atoms with Gasteiger partial charge in [0.1, 0.15) is 11.5 Å². The molecule has 11 nitrogen and oxygen atoms in total. The van der Waals surface area contributed by atoms with Crippen LogP contribution in [0, 0.1) is 12.7 Å². The van der Waals surface area contributed by atoms with Crippen LogP contribution in [0.1, 0.15) is 32.0 Å². The van der Waals surface area contributed by atoms with Crippen LogP contribution < -0.4 is 21.5 Å². The molecule has 0 saturated carbocycles. The van der Waals surface area contributed by atoms with Gasteiger partial charge in [0.15, 0.2) is 0 Å². The van der Waals surface area contributed by atoms with Crippen LogP contribution >= 0.6 is 0 Å². The van der Waals surface area contributed by atoms with Crippen LogP contribution in [-0.2, 0) is 12.5 Å². The fourth-order valence-electron chi connectivity index (χ4n) is 3.93. The van der Waals surface area contributed by atoms with E-state index in [1.807, 2.05) is 39.8 Å². The Balaban J connectivity index is 1.62. The molecule has 1 aromatic carbocycles. The number of carbonyl (C=O) groups excluding carboxylic acids is 1. The van der Waals surface area contributed by atoms with Gasteiger partial charge in [-0.25, -0.2) is 14.2 Å². The molecule has 39 heavy (non-hydrogen) atoms. The molecule has 4 rings (SSSR count). The maximum Gasteiger partial charge on any atom is 0.326 e. The number of nitrogens with one attached hydrogen (secondary N) is 3. The van der Waals surface area contributed by atoms with Gasteiger partial charge in [-0.3, -0.25) is 14.7 Å². The van der Waals surface area contributed by atoms with Crippen molar-refractivity contribution in [1.29, 1.82) is 0 Å². The molecule has 0 spiro atoms. The number of rotatable bonds is 7. The van der Waals surface area contributed by atoms with Crippen molar-refractivity contribution in [3.05, 3.63) is 57.9 Å². The van der Waals surface area contributed by atoms with Crippen molar-refractivity contribution >= 4 is 34.6 Å². The fourth-order valence-corrected chi connectivity index (χ4v) is 3.93. The molecule has 0 aliphatic carbocycles. The molecule has 3 heterocycles. The highest BCUT2D eigenvalue weighted by atomic mass is 19.1. The molecule has 0 fully saturated rings. The van der Waals surface area contributed by atoms with E-state index in [-0.39, 0.29) is 22.5 Å². The predicted molar refractivity (Wildman–Crippen MR) is 150 cm³/mol. The lowest BCUT2D eigenvalue weighted by Crippen LogP contribution is -2.23. The van der Waals surface area contributed by atoms with E-state index in [4.69, 9.17) is 4.52 Å². The Morgan fingerprint density at radius 1 is 1.13 bits per heavy atom. The molecule has 12 heteroatoms. The zero-order chi connectivity index (χ0) is 28.5. The lowest BCUT2D eigenvalue weighted by molar-refractivity contribution is 0.261. The normalized spacial score (nSPS) is 11.7. The lowest BCUT2D eigenvalue weighted by Gasteiger charge is -2.14. The summed E-state index contributed by atoms with van der Waals surface area (Å²) >= 11 is 0. The summed E-state index contributed by atoms with van der Waals surface area (Å²) in [5.74, 6) is -0.0955. The second kappa shape index (κ2) is 10.8. The van der Waals surface area contributed by atoms with Crippen molar-refractivity contribution in [1.82, 2.24) is 24.6 Å². The monoisotopic (exact) mass is 536 g/mol. The summed E-state index contributed by atoms with van der Waals surface area (Å²) in [4.78, 5) is 36.9. The van der Waals surface area contributed by atoms with E-state index in [0.29, 0.717) is 45.9 Å². The molecule has 0 bridgehead atoms. The summed E-state index contributed by atoms with van der Waals surface area (Å²) in [6.07, 6.45) is 1.64. The van der Waals surface area contributed by atoms with Crippen LogP contribution in [0.2, 0.25) is 0 Å². The topological polar surface area (TPSA) is 130 Å². The molecule has 3 N–H and O–H groups in total. The van der Waals surface area contributed by atoms with E-state index in [9.17, 15) is 14.0 Å². The van der Waals surface area contributed by atoms with Gasteiger partial charge in [0.05, 0.1) is 11.4 Å². The number of fused-ring (bicyclic) bond motifs is 1. The van der Waals surface area contributed by atoms with Gasteiger partial charge in [0, 0.05) is 48.8 Å². The van der Waals surface area contributed by atoms with Crippen molar-refractivity contribution in [3.63, 3.8) is 0 Å². The number of halogens is 1. The summed E-state index contributed by atoms with van der Waals surface area (Å²) in [5, 5.41) is 12.8. The minimum atomic E-state index is -0.713. The second-order valence-corrected chi connectivity index (χ2v) is 10.7. The van der Waals surface area contributed by atoms with Crippen LogP contribution in [0.5, 0.6) is 0 Å². The minimum Gasteiger partial charge on any atom is -0.353 e. The number of hydrogen-bond acceptors (Lipinski definition) is 8. The number of carbonyl (C=O) groups is 1. The molecule has 0 unspecified atom stereocenters. The smallest absolute Gasteiger partial charge is 0.326 e. The quantitative estimate of drug-likeness (QED) is 0.318. The molecule has 0 saturated heterocycles. The van der Waals surface area contributed by atoms with Gasteiger partial charge in [-0.15, -0.1) is 0 Å². The number of likely N-dealkylation sites (N-methyl/N-ethyl adjacent to an activating group) is 1. The first-order valence-corrected chi connectivity index (χ1v) is 12.4. The summed E-state index contributed by atoms with van der Waals surface area (Å²) < 4.78 is 21.5. The maximum atomic E-state index is 14.8.